The van der Waals surface area contributed by atoms with Crippen molar-refractivity contribution in [2.75, 3.05) is 0 Å². The van der Waals surface area contributed by atoms with Crippen LogP contribution >= 0.6 is 24.8 Å². The van der Waals surface area contributed by atoms with Gasteiger partial charge in [0.25, 0.3) is 0 Å². The van der Waals surface area contributed by atoms with Crippen molar-refractivity contribution in [2.24, 2.45) is 0 Å². The van der Waals surface area contributed by atoms with Crippen LogP contribution in [0.4, 0.5) is 0 Å². The Balaban J connectivity index is 2.47. The van der Waals surface area contributed by atoms with Gasteiger partial charge >= 0.3 is 0 Å². The van der Waals surface area contributed by atoms with Gasteiger partial charge < -0.3 is 0 Å². The molecule has 0 atom stereocenters. The molecule has 0 aliphatic rings. The quantitative estimate of drug-likeness (QED) is 0.435. The second kappa shape index (κ2) is 7.02. The van der Waals surface area contributed by atoms with Crippen LogP contribution < -0.4 is 0 Å². The van der Waals surface area contributed by atoms with Crippen molar-refractivity contribution in [1.82, 2.24) is 0 Å². The molecule has 0 aliphatic heterocycles. The molecule has 0 bridgehead atoms. The van der Waals surface area contributed by atoms with Crippen molar-refractivity contribution >= 4 is 29.0 Å². The highest BCUT2D eigenvalue weighted by Gasteiger charge is 1.98. The number of unbranched alkanes of at least 4 members (excludes halogenated alkanes) is 3. The van der Waals surface area contributed by atoms with Crippen molar-refractivity contribution in [3.63, 3.8) is 0 Å². The number of hydrogen-bond donors (Lipinski definition) is 1. The molecule has 0 aromatic heterocycles. The van der Waals surface area contributed by atoms with E-state index in [1.54, 1.807) is 0 Å². The van der Waals surface area contributed by atoms with Crippen molar-refractivity contribution < 1.29 is 0 Å². The summed E-state index contributed by atoms with van der Waals surface area (Å²) in [5.41, 5.74) is 2.45. The number of thiol groups is 1. The maximum atomic E-state index is 5.04. The van der Waals surface area contributed by atoms with Crippen molar-refractivity contribution in [3.05, 3.63) is 35.4 Å². The van der Waals surface area contributed by atoms with Gasteiger partial charge in [-0.1, -0.05) is 56.6 Å². The van der Waals surface area contributed by atoms with Crippen LogP contribution in [0.5, 0.6) is 0 Å². The molecule has 1 rings (SSSR count). The van der Waals surface area contributed by atoms with Crippen LogP contribution in [0.25, 0.3) is 0 Å². The molecule has 0 saturated carbocycles. The average Bonchev–Trinajstić information content (AvgIpc) is 2.25. The summed E-state index contributed by atoms with van der Waals surface area (Å²) in [5.74, 6) is 0. The van der Waals surface area contributed by atoms with E-state index in [9.17, 15) is 0 Å². The molecule has 15 heavy (non-hydrogen) atoms. The summed E-state index contributed by atoms with van der Waals surface area (Å²) in [4.78, 5) is 0. The first kappa shape index (κ1) is 12.7. The second-order valence-electron chi connectivity index (χ2n) is 3.82. The zero-order valence-electron chi connectivity index (χ0n) is 9.20. The van der Waals surface area contributed by atoms with E-state index in [-0.39, 0.29) is 0 Å². The topological polar surface area (TPSA) is 0 Å². The lowest BCUT2D eigenvalue weighted by Crippen LogP contribution is -1.91. The lowest BCUT2D eigenvalue weighted by molar-refractivity contribution is 0.667. The zero-order valence-corrected chi connectivity index (χ0v) is 10.9. The van der Waals surface area contributed by atoms with Gasteiger partial charge in [-0.05, 0) is 30.0 Å². The molecule has 0 unspecified atom stereocenters. The highest BCUT2D eigenvalue weighted by Crippen LogP contribution is 2.12. The third-order valence-corrected chi connectivity index (χ3v) is 2.99. The van der Waals surface area contributed by atoms with Crippen LogP contribution in [0, 0.1) is 0 Å². The lowest BCUT2D eigenvalue weighted by atomic mass is 10.0. The molecule has 0 aliphatic carbocycles. The maximum Gasteiger partial charge on any atom is 0.0747 e. The number of hydrogen-bond acceptors (Lipinski definition) is 1. The summed E-state index contributed by atoms with van der Waals surface area (Å²) in [6.07, 6.45) is 6.39. The number of benzene rings is 1. The standard InChI is InChI=1S/C13H18S2/c1-2-3-4-5-7-11-8-6-9-12(10-11)13(14)15/h6,8-10H,2-5,7H2,1H3,(H,14,15). The van der Waals surface area contributed by atoms with Gasteiger partial charge in [-0.2, -0.15) is 0 Å². The highest BCUT2D eigenvalue weighted by atomic mass is 32.1. The molecule has 0 radical (unpaired) electrons. The minimum absolute atomic E-state index is 0.686. The van der Waals surface area contributed by atoms with Crippen molar-refractivity contribution in [2.45, 2.75) is 39.0 Å². The Morgan fingerprint density at radius 2 is 2.07 bits per heavy atom. The molecule has 0 nitrogen and oxygen atoms in total. The predicted octanol–water partition coefficient (Wildman–Crippen LogP) is 4.41. The van der Waals surface area contributed by atoms with Gasteiger partial charge in [0.15, 0.2) is 0 Å². The smallest absolute Gasteiger partial charge is 0.0747 e. The Morgan fingerprint density at radius 1 is 1.27 bits per heavy atom. The van der Waals surface area contributed by atoms with Crippen LogP contribution in [-0.2, 0) is 6.42 Å². The monoisotopic (exact) mass is 238 g/mol. The van der Waals surface area contributed by atoms with Crippen molar-refractivity contribution in [3.8, 4) is 0 Å². The Kier molecular flexibility index (Phi) is 5.96. The molecule has 1 aromatic carbocycles. The van der Waals surface area contributed by atoms with Crippen molar-refractivity contribution in [1.29, 1.82) is 0 Å². The van der Waals surface area contributed by atoms with Crippen LogP contribution in [0.2, 0.25) is 0 Å². The molecular weight excluding hydrogens is 220 g/mol. The molecule has 1 aromatic rings. The Bertz CT molecular complexity index is 318. The van der Waals surface area contributed by atoms with E-state index < -0.39 is 0 Å². The van der Waals surface area contributed by atoms with Gasteiger partial charge in [0.1, 0.15) is 0 Å². The number of aryl methyl sites for hydroxylation is 1. The van der Waals surface area contributed by atoms with Crippen LogP contribution in [0.15, 0.2) is 24.3 Å². The lowest BCUT2D eigenvalue weighted by Gasteiger charge is -2.03. The fourth-order valence-electron chi connectivity index (χ4n) is 1.62. The molecule has 82 valence electrons. The summed E-state index contributed by atoms with van der Waals surface area (Å²) in [5, 5.41) is 0. The molecular formula is C13H18S2. The van der Waals surface area contributed by atoms with Gasteiger partial charge in [0.2, 0.25) is 0 Å². The molecule has 0 spiro atoms. The first-order chi connectivity index (χ1) is 7.24. The van der Waals surface area contributed by atoms with Crippen LogP contribution in [0.1, 0.15) is 43.7 Å². The van der Waals surface area contributed by atoms with E-state index in [1.807, 2.05) is 6.07 Å². The van der Waals surface area contributed by atoms with Gasteiger partial charge in [-0.15, -0.1) is 12.6 Å². The molecule has 0 amide bonds. The summed E-state index contributed by atoms with van der Waals surface area (Å²) >= 11 is 9.23. The minimum Gasteiger partial charge on any atom is -0.131 e. The van der Waals surface area contributed by atoms with E-state index in [0.29, 0.717) is 4.20 Å². The Hall–Kier alpha value is -0.340. The fourth-order valence-corrected chi connectivity index (χ4v) is 1.88. The van der Waals surface area contributed by atoms with Crippen LogP contribution in [-0.4, -0.2) is 4.20 Å². The fraction of sp³-hybridized carbons (Fsp3) is 0.462. The van der Waals surface area contributed by atoms with Gasteiger partial charge in [-0.25, -0.2) is 0 Å². The van der Waals surface area contributed by atoms with E-state index in [2.05, 4.69) is 37.8 Å². The second-order valence-corrected chi connectivity index (χ2v) is 4.97. The largest absolute Gasteiger partial charge is 0.131 e. The van der Waals surface area contributed by atoms with E-state index in [1.165, 1.54) is 31.2 Å². The normalized spacial score (nSPS) is 10.3. The SMILES string of the molecule is CCCCCCc1cccc(C(=S)S)c1. The number of thiocarbonyl (C=S) groups is 1. The van der Waals surface area contributed by atoms with Gasteiger partial charge in [-0.3, -0.25) is 0 Å². The van der Waals surface area contributed by atoms with Gasteiger partial charge in [0.05, 0.1) is 4.20 Å². The molecule has 0 heterocycles. The Morgan fingerprint density at radius 3 is 2.73 bits per heavy atom. The highest BCUT2D eigenvalue weighted by molar-refractivity contribution is 8.11. The summed E-state index contributed by atoms with van der Waals surface area (Å²) in [6.45, 7) is 2.24. The molecule has 0 fully saturated rings. The predicted molar refractivity (Wildman–Crippen MR) is 75.0 cm³/mol. The van der Waals surface area contributed by atoms with Crippen LogP contribution in [0.3, 0.4) is 0 Å². The number of rotatable bonds is 6. The maximum absolute atomic E-state index is 5.04. The Labute approximate surface area is 103 Å². The molecule has 0 N–H and O–H groups in total. The summed E-state index contributed by atoms with van der Waals surface area (Å²) < 4.78 is 0.686. The minimum atomic E-state index is 0.686. The van der Waals surface area contributed by atoms with Gasteiger partial charge in [0, 0.05) is 0 Å². The third kappa shape index (κ3) is 4.80. The first-order valence-electron chi connectivity index (χ1n) is 5.56. The summed E-state index contributed by atoms with van der Waals surface area (Å²) in [6, 6.07) is 8.40. The first-order valence-corrected chi connectivity index (χ1v) is 6.42. The summed E-state index contributed by atoms with van der Waals surface area (Å²) in [7, 11) is 0. The third-order valence-electron chi connectivity index (χ3n) is 2.49. The van der Waals surface area contributed by atoms with E-state index >= 15 is 0 Å². The molecule has 0 saturated heterocycles. The zero-order chi connectivity index (χ0) is 11.1. The van der Waals surface area contributed by atoms with E-state index in [0.717, 1.165) is 12.0 Å². The average molecular weight is 238 g/mol. The molecule has 2 heteroatoms. The van der Waals surface area contributed by atoms with E-state index in [4.69, 9.17) is 12.2 Å².